The van der Waals surface area contributed by atoms with E-state index in [0.29, 0.717) is 5.92 Å². The fourth-order valence-corrected chi connectivity index (χ4v) is 2.94. The van der Waals surface area contributed by atoms with Gasteiger partial charge in [0.2, 0.25) is 5.91 Å². The van der Waals surface area contributed by atoms with Crippen LogP contribution in [-0.2, 0) is 10.2 Å². The number of hydrogen-bond acceptors (Lipinski definition) is 3. The minimum atomic E-state index is -0.0864. The molecule has 2 heterocycles. The molecule has 142 valence electrons. The quantitative estimate of drug-likeness (QED) is 0.855. The number of nitrogens with zero attached hydrogens (tertiary/aromatic N) is 2. The Morgan fingerprint density at radius 1 is 1.31 bits per heavy atom. The van der Waals surface area contributed by atoms with Crippen molar-refractivity contribution in [1.29, 1.82) is 0 Å². The van der Waals surface area contributed by atoms with Crippen molar-refractivity contribution in [2.24, 2.45) is 11.8 Å². The molecule has 5 nitrogen and oxygen atoms in total. The third-order valence-corrected chi connectivity index (χ3v) is 5.01. The van der Waals surface area contributed by atoms with E-state index >= 15 is 0 Å². The molecular weight excluding hydrogens is 348 g/mol. The zero-order valence-corrected chi connectivity index (χ0v) is 17.0. The Balaban J connectivity index is 0.00000243. The van der Waals surface area contributed by atoms with Crippen LogP contribution in [0.25, 0.3) is 5.69 Å². The van der Waals surface area contributed by atoms with Gasteiger partial charge in [-0.05, 0) is 37.6 Å². The van der Waals surface area contributed by atoms with Gasteiger partial charge < -0.3 is 10.6 Å². The van der Waals surface area contributed by atoms with Crippen molar-refractivity contribution >= 4 is 24.1 Å². The number of aryl methyl sites for hydroxylation is 1. The summed E-state index contributed by atoms with van der Waals surface area (Å²) in [6.07, 6.45) is 0. The van der Waals surface area contributed by atoms with Crippen LogP contribution < -0.4 is 10.6 Å². The Morgan fingerprint density at radius 3 is 2.50 bits per heavy atom. The first-order chi connectivity index (χ1) is 11.8. The van der Waals surface area contributed by atoms with Gasteiger partial charge in [-0.2, -0.15) is 5.10 Å². The predicted molar refractivity (Wildman–Crippen MR) is 108 cm³/mol. The molecule has 1 unspecified atom stereocenters. The second kappa shape index (κ2) is 7.80. The van der Waals surface area contributed by atoms with Crippen molar-refractivity contribution in [1.82, 2.24) is 15.1 Å². The van der Waals surface area contributed by atoms with Crippen molar-refractivity contribution in [3.63, 3.8) is 0 Å². The number of hydrogen-bond donors (Lipinski definition) is 2. The molecule has 0 saturated carbocycles. The summed E-state index contributed by atoms with van der Waals surface area (Å²) >= 11 is 0. The molecule has 0 spiro atoms. The lowest BCUT2D eigenvalue weighted by molar-refractivity contribution is -0.121. The van der Waals surface area contributed by atoms with Crippen LogP contribution in [-0.4, -0.2) is 28.8 Å². The van der Waals surface area contributed by atoms with Crippen LogP contribution >= 0.6 is 12.4 Å². The van der Waals surface area contributed by atoms with E-state index in [1.165, 1.54) is 0 Å². The van der Waals surface area contributed by atoms with E-state index in [-0.39, 0.29) is 29.6 Å². The lowest BCUT2D eigenvalue weighted by Crippen LogP contribution is -2.48. The fourth-order valence-electron chi connectivity index (χ4n) is 2.94. The molecule has 1 aliphatic rings. The lowest BCUT2D eigenvalue weighted by atomic mass is 9.88. The first-order valence-corrected chi connectivity index (χ1v) is 8.95. The summed E-state index contributed by atoms with van der Waals surface area (Å²) in [7, 11) is 0. The number of carbonyl (C=O) groups excluding carboxylic acids is 1. The molecule has 1 amide bonds. The normalized spacial score (nSPS) is 15.7. The highest BCUT2D eigenvalue weighted by Crippen LogP contribution is 2.28. The monoisotopic (exact) mass is 376 g/mol. The second-order valence-electron chi connectivity index (χ2n) is 8.06. The summed E-state index contributed by atoms with van der Waals surface area (Å²) < 4.78 is 1.86. The third kappa shape index (κ3) is 4.10. The summed E-state index contributed by atoms with van der Waals surface area (Å²) in [4.78, 5) is 12.7. The van der Waals surface area contributed by atoms with Crippen molar-refractivity contribution in [3.8, 4) is 5.69 Å². The Kier molecular flexibility index (Phi) is 6.14. The molecule has 1 atom stereocenters. The highest BCUT2D eigenvalue weighted by molar-refractivity contribution is 5.92. The molecule has 6 heteroatoms. The smallest absolute Gasteiger partial charge is 0.228 e. The van der Waals surface area contributed by atoms with Gasteiger partial charge in [0, 0.05) is 17.4 Å². The number of halogens is 1. The van der Waals surface area contributed by atoms with Crippen LogP contribution in [0.1, 0.15) is 39.0 Å². The number of amides is 1. The van der Waals surface area contributed by atoms with E-state index in [1.54, 1.807) is 0 Å². The number of aromatic nitrogens is 2. The third-order valence-electron chi connectivity index (χ3n) is 5.01. The van der Waals surface area contributed by atoms with Crippen LogP contribution in [0.2, 0.25) is 0 Å². The van der Waals surface area contributed by atoms with Crippen molar-refractivity contribution < 1.29 is 4.79 Å². The zero-order valence-electron chi connectivity index (χ0n) is 16.2. The molecule has 1 aromatic carbocycles. The molecule has 1 aliphatic heterocycles. The Hall–Kier alpha value is -1.85. The van der Waals surface area contributed by atoms with Gasteiger partial charge in [-0.1, -0.05) is 45.9 Å². The molecule has 0 radical (unpaired) electrons. The second-order valence-corrected chi connectivity index (χ2v) is 8.06. The Bertz CT molecular complexity index is 774. The first-order valence-electron chi connectivity index (χ1n) is 8.95. The molecule has 2 aromatic rings. The fraction of sp³-hybridized carbons (Fsp3) is 0.500. The topological polar surface area (TPSA) is 59.0 Å². The van der Waals surface area contributed by atoms with Gasteiger partial charge in [-0.3, -0.25) is 4.79 Å². The molecule has 2 N–H and O–H groups in total. The number of rotatable bonds is 4. The van der Waals surface area contributed by atoms with Gasteiger partial charge in [-0.15, -0.1) is 12.4 Å². The van der Waals surface area contributed by atoms with E-state index in [1.807, 2.05) is 35.9 Å². The van der Waals surface area contributed by atoms with Crippen molar-refractivity contribution in [3.05, 3.63) is 41.6 Å². The Morgan fingerprint density at radius 2 is 1.96 bits per heavy atom. The predicted octanol–water partition coefficient (Wildman–Crippen LogP) is 3.69. The zero-order chi connectivity index (χ0) is 18.2. The van der Waals surface area contributed by atoms with Crippen LogP contribution in [0, 0.1) is 18.8 Å². The maximum atomic E-state index is 12.7. The van der Waals surface area contributed by atoms with Gasteiger partial charge in [0.05, 0.1) is 11.4 Å². The molecule has 0 aliphatic carbocycles. The van der Waals surface area contributed by atoms with Crippen LogP contribution in [0.3, 0.4) is 0 Å². The number of nitrogens with one attached hydrogen (secondary N) is 2. The summed E-state index contributed by atoms with van der Waals surface area (Å²) in [5, 5.41) is 11.1. The summed E-state index contributed by atoms with van der Waals surface area (Å²) in [6.45, 7) is 12.3. The van der Waals surface area contributed by atoms with E-state index in [9.17, 15) is 4.79 Å². The SMILES string of the molecule is Cc1ccccc1-n1nc(C(C)(C)C)cc1NC(=O)C(C)C1CNC1.Cl. The van der Waals surface area contributed by atoms with Crippen molar-refractivity contribution in [2.75, 3.05) is 18.4 Å². The Labute approximate surface area is 162 Å². The van der Waals surface area contributed by atoms with Gasteiger partial charge in [0.25, 0.3) is 0 Å². The number of benzene rings is 1. The maximum absolute atomic E-state index is 12.7. The van der Waals surface area contributed by atoms with Crippen LogP contribution in [0.15, 0.2) is 30.3 Å². The lowest BCUT2D eigenvalue weighted by Gasteiger charge is -2.31. The van der Waals surface area contributed by atoms with E-state index in [0.717, 1.165) is 35.9 Å². The highest BCUT2D eigenvalue weighted by atomic mass is 35.5. The maximum Gasteiger partial charge on any atom is 0.228 e. The average Bonchev–Trinajstić information content (AvgIpc) is 2.89. The van der Waals surface area contributed by atoms with Crippen molar-refractivity contribution in [2.45, 2.75) is 40.0 Å². The number of para-hydroxylation sites is 1. The van der Waals surface area contributed by atoms with E-state index < -0.39 is 0 Å². The average molecular weight is 377 g/mol. The largest absolute Gasteiger partial charge is 0.316 e. The van der Waals surface area contributed by atoms with Crippen LogP contribution in [0.5, 0.6) is 0 Å². The molecule has 26 heavy (non-hydrogen) atoms. The molecule has 1 fully saturated rings. The summed E-state index contributed by atoms with van der Waals surface area (Å²) in [5.41, 5.74) is 2.99. The summed E-state index contributed by atoms with van der Waals surface area (Å²) in [6, 6.07) is 10.1. The molecule has 3 rings (SSSR count). The standard InChI is InChI=1S/C20H28N4O.ClH/c1-13-8-6-7-9-16(13)24-18(10-17(23-24)20(3,4)5)22-19(25)14(2)15-11-21-12-15;/h6-10,14-15,21H,11-12H2,1-5H3,(H,22,25);1H. The number of carbonyl (C=O) groups is 1. The molecular formula is C20H29ClN4O. The van der Waals surface area contributed by atoms with Gasteiger partial charge in [0.15, 0.2) is 0 Å². The van der Waals surface area contributed by atoms with E-state index in [2.05, 4.69) is 44.4 Å². The minimum absolute atomic E-state index is 0. The number of anilines is 1. The molecule has 0 bridgehead atoms. The first kappa shape index (κ1) is 20.5. The van der Waals surface area contributed by atoms with Gasteiger partial charge in [0.1, 0.15) is 5.82 Å². The van der Waals surface area contributed by atoms with E-state index in [4.69, 9.17) is 5.10 Å². The minimum Gasteiger partial charge on any atom is -0.316 e. The van der Waals surface area contributed by atoms with Gasteiger partial charge in [-0.25, -0.2) is 4.68 Å². The molecule has 1 saturated heterocycles. The molecule has 1 aromatic heterocycles. The van der Waals surface area contributed by atoms with Crippen LogP contribution in [0.4, 0.5) is 5.82 Å². The highest BCUT2D eigenvalue weighted by Gasteiger charge is 2.30. The summed E-state index contributed by atoms with van der Waals surface area (Å²) in [5.74, 6) is 1.20. The van der Waals surface area contributed by atoms with Gasteiger partial charge >= 0.3 is 0 Å².